The molecule has 0 spiro atoms. The second-order valence-electron chi connectivity index (χ2n) is 5.56. The second kappa shape index (κ2) is 6.20. The molecule has 0 saturated carbocycles. The van der Waals surface area contributed by atoms with Crippen molar-refractivity contribution in [3.8, 4) is 0 Å². The minimum atomic E-state index is 0.537. The standard InChI is InChI=1S/C16H22N4/c1-19-9-7-15(18-19)12-20-10-8-17-16(13-20)11-14-5-3-2-4-6-14/h2-7,9,16-17H,8,10-13H2,1H3. The lowest BCUT2D eigenvalue weighted by molar-refractivity contribution is 0.189. The lowest BCUT2D eigenvalue weighted by Gasteiger charge is -2.33. The van der Waals surface area contributed by atoms with Crippen LogP contribution in [0.15, 0.2) is 42.6 Å². The number of benzene rings is 1. The van der Waals surface area contributed by atoms with Gasteiger partial charge in [0.2, 0.25) is 0 Å². The number of aromatic nitrogens is 2. The molecule has 0 bridgehead atoms. The van der Waals surface area contributed by atoms with Crippen molar-refractivity contribution in [1.82, 2.24) is 20.0 Å². The summed E-state index contributed by atoms with van der Waals surface area (Å²) in [4.78, 5) is 2.49. The van der Waals surface area contributed by atoms with Crippen molar-refractivity contribution in [2.45, 2.75) is 19.0 Å². The van der Waals surface area contributed by atoms with Crippen LogP contribution in [0.1, 0.15) is 11.3 Å². The molecule has 0 radical (unpaired) electrons. The average Bonchev–Trinajstić information content (AvgIpc) is 2.86. The van der Waals surface area contributed by atoms with E-state index in [1.807, 2.05) is 17.9 Å². The van der Waals surface area contributed by atoms with E-state index in [4.69, 9.17) is 0 Å². The fourth-order valence-electron chi connectivity index (χ4n) is 2.85. The van der Waals surface area contributed by atoms with Crippen molar-refractivity contribution < 1.29 is 0 Å². The zero-order valence-corrected chi connectivity index (χ0v) is 12.0. The van der Waals surface area contributed by atoms with Gasteiger partial charge in [0.15, 0.2) is 0 Å². The SMILES string of the molecule is Cn1ccc(CN2CCNC(Cc3ccccc3)C2)n1. The van der Waals surface area contributed by atoms with Crippen LogP contribution in [-0.4, -0.2) is 40.4 Å². The summed E-state index contributed by atoms with van der Waals surface area (Å²) < 4.78 is 1.87. The highest BCUT2D eigenvalue weighted by molar-refractivity contribution is 5.16. The van der Waals surface area contributed by atoms with E-state index >= 15 is 0 Å². The maximum Gasteiger partial charge on any atom is 0.0764 e. The Morgan fingerprint density at radius 1 is 1.25 bits per heavy atom. The van der Waals surface area contributed by atoms with E-state index in [1.54, 1.807) is 0 Å². The van der Waals surface area contributed by atoms with Gasteiger partial charge >= 0.3 is 0 Å². The van der Waals surface area contributed by atoms with Gasteiger partial charge in [0.25, 0.3) is 0 Å². The minimum Gasteiger partial charge on any atom is -0.311 e. The maximum absolute atomic E-state index is 4.47. The lowest BCUT2D eigenvalue weighted by atomic mass is 10.0. The second-order valence-corrected chi connectivity index (χ2v) is 5.56. The summed E-state index contributed by atoms with van der Waals surface area (Å²) in [6.07, 6.45) is 3.11. The van der Waals surface area contributed by atoms with Gasteiger partial charge in [-0.05, 0) is 18.1 Å². The fraction of sp³-hybridized carbons (Fsp3) is 0.438. The molecule has 4 heteroatoms. The number of hydrogen-bond acceptors (Lipinski definition) is 3. The summed E-state index contributed by atoms with van der Waals surface area (Å²) in [5.41, 5.74) is 2.57. The van der Waals surface area contributed by atoms with E-state index in [2.05, 4.69) is 51.7 Å². The Hall–Kier alpha value is -1.65. The number of nitrogens with one attached hydrogen (secondary N) is 1. The first-order valence-electron chi connectivity index (χ1n) is 7.28. The molecule has 0 aliphatic carbocycles. The molecule has 4 nitrogen and oxygen atoms in total. The summed E-state index contributed by atoms with van der Waals surface area (Å²) in [5, 5.41) is 8.09. The zero-order valence-electron chi connectivity index (χ0n) is 12.0. The van der Waals surface area contributed by atoms with Crippen molar-refractivity contribution in [1.29, 1.82) is 0 Å². The van der Waals surface area contributed by atoms with Crippen LogP contribution in [0, 0.1) is 0 Å². The number of nitrogens with zero attached hydrogens (tertiary/aromatic N) is 3. The Kier molecular flexibility index (Phi) is 4.14. The van der Waals surface area contributed by atoms with Gasteiger partial charge in [-0.1, -0.05) is 30.3 Å². The van der Waals surface area contributed by atoms with E-state index in [0.717, 1.165) is 38.3 Å². The third kappa shape index (κ3) is 3.46. The van der Waals surface area contributed by atoms with E-state index in [-0.39, 0.29) is 0 Å². The van der Waals surface area contributed by atoms with Gasteiger partial charge in [-0.2, -0.15) is 5.10 Å². The Balaban J connectivity index is 1.56. The van der Waals surface area contributed by atoms with Gasteiger partial charge in [-0.15, -0.1) is 0 Å². The molecule has 1 saturated heterocycles. The molecule has 1 atom stereocenters. The van der Waals surface area contributed by atoms with Gasteiger partial charge in [0, 0.05) is 45.5 Å². The Morgan fingerprint density at radius 3 is 2.85 bits per heavy atom. The smallest absolute Gasteiger partial charge is 0.0764 e. The van der Waals surface area contributed by atoms with E-state index in [0.29, 0.717) is 6.04 Å². The molecule has 0 amide bonds. The first-order valence-corrected chi connectivity index (χ1v) is 7.28. The van der Waals surface area contributed by atoms with Crippen LogP contribution in [0.4, 0.5) is 0 Å². The number of aryl methyl sites for hydroxylation is 1. The summed E-state index contributed by atoms with van der Waals surface area (Å²) in [6, 6.07) is 13.4. The summed E-state index contributed by atoms with van der Waals surface area (Å²) in [5.74, 6) is 0. The first kappa shape index (κ1) is 13.3. The average molecular weight is 270 g/mol. The number of piperazine rings is 1. The van der Waals surface area contributed by atoms with Gasteiger partial charge in [-0.3, -0.25) is 9.58 Å². The highest BCUT2D eigenvalue weighted by Gasteiger charge is 2.20. The minimum absolute atomic E-state index is 0.537. The molecule has 2 heterocycles. The quantitative estimate of drug-likeness (QED) is 0.912. The molecule has 1 N–H and O–H groups in total. The molecule has 1 aromatic heterocycles. The summed E-state index contributed by atoms with van der Waals surface area (Å²) >= 11 is 0. The predicted molar refractivity (Wildman–Crippen MR) is 80.4 cm³/mol. The van der Waals surface area contributed by atoms with Crippen LogP contribution < -0.4 is 5.32 Å². The van der Waals surface area contributed by atoms with Crippen LogP contribution in [-0.2, 0) is 20.0 Å². The molecule has 1 fully saturated rings. The summed E-state index contributed by atoms with van der Waals surface area (Å²) in [6.45, 7) is 4.20. The number of rotatable bonds is 4. The van der Waals surface area contributed by atoms with Crippen molar-refractivity contribution in [2.24, 2.45) is 7.05 Å². The van der Waals surface area contributed by atoms with Crippen molar-refractivity contribution in [3.05, 3.63) is 53.9 Å². The predicted octanol–water partition coefficient (Wildman–Crippen LogP) is 1.44. The van der Waals surface area contributed by atoms with Crippen LogP contribution in [0.5, 0.6) is 0 Å². The highest BCUT2D eigenvalue weighted by Crippen LogP contribution is 2.10. The Morgan fingerprint density at radius 2 is 2.10 bits per heavy atom. The first-order chi connectivity index (χ1) is 9.79. The third-order valence-electron chi connectivity index (χ3n) is 3.82. The molecular formula is C16H22N4. The molecule has 1 aliphatic heterocycles. The zero-order chi connectivity index (χ0) is 13.8. The van der Waals surface area contributed by atoms with Crippen LogP contribution in [0.25, 0.3) is 0 Å². The topological polar surface area (TPSA) is 33.1 Å². The van der Waals surface area contributed by atoms with Crippen LogP contribution >= 0.6 is 0 Å². The Bertz CT molecular complexity index is 534. The van der Waals surface area contributed by atoms with Crippen LogP contribution in [0.2, 0.25) is 0 Å². The molecular weight excluding hydrogens is 248 g/mol. The van der Waals surface area contributed by atoms with Gasteiger partial charge in [0.1, 0.15) is 0 Å². The monoisotopic (exact) mass is 270 g/mol. The summed E-state index contributed by atoms with van der Waals surface area (Å²) in [7, 11) is 1.97. The van der Waals surface area contributed by atoms with Crippen molar-refractivity contribution in [2.75, 3.05) is 19.6 Å². The largest absolute Gasteiger partial charge is 0.311 e. The van der Waals surface area contributed by atoms with E-state index in [9.17, 15) is 0 Å². The normalized spacial score (nSPS) is 20.1. The maximum atomic E-state index is 4.47. The van der Waals surface area contributed by atoms with Crippen molar-refractivity contribution >= 4 is 0 Å². The molecule has 106 valence electrons. The molecule has 1 aromatic carbocycles. The molecule has 2 aromatic rings. The molecule has 3 rings (SSSR count). The third-order valence-corrected chi connectivity index (χ3v) is 3.82. The molecule has 1 unspecified atom stereocenters. The van der Waals surface area contributed by atoms with Gasteiger partial charge < -0.3 is 5.32 Å². The van der Waals surface area contributed by atoms with E-state index < -0.39 is 0 Å². The molecule has 20 heavy (non-hydrogen) atoms. The van der Waals surface area contributed by atoms with Crippen LogP contribution in [0.3, 0.4) is 0 Å². The molecule has 1 aliphatic rings. The lowest BCUT2D eigenvalue weighted by Crippen LogP contribution is -2.51. The van der Waals surface area contributed by atoms with Gasteiger partial charge in [0.05, 0.1) is 5.69 Å². The highest BCUT2D eigenvalue weighted by atomic mass is 15.3. The van der Waals surface area contributed by atoms with Crippen molar-refractivity contribution in [3.63, 3.8) is 0 Å². The number of hydrogen-bond donors (Lipinski definition) is 1. The Labute approximate surface area is 120 Å². The van der Waals surface area contributed by atoms with E-state index in [1.165, 1.54) is 5.56 Å². The fourth-order valence-corrected chi connectivity index (χ4v) is 2.85. The van der Waals surface area contributed by atoms with Gasteiger partial charge in [-0.25, -0.2) is 0 Å².